The van der Waals surface area contributed by atoms with E-state index in [1.807, 2.05) is 44.4 Å². The van der Waals surface area contributed by atoms with E-state index < -0.39 is 5.60 Å². The molecule has 0 saturated heterocycles. The average molecular weight is 285 g/mol. The summed E-state index contributed by atoms with van der Waals surface area (Å²) < 4.78 is 0. The van der Waals surface area contributed by atoms with Crippen molar-refractivity contribution >= 4 is 0 Å². The lowest BCUT2D eigenvalue weighted by Crippen LogP contribution is -2.38. The molecule has 0 bridgehead atoms. The van der Waals surface area contributed by atoms with Crippen LogP contribution in [-0.4, -0.2) is 29.6 Å². The first-order valence-corrected chi connectivity index (χ1v) is 7.86. The first kappa shape index (κ1) is 16.1. The van der Waals surface area contributed by atoms with Gasteiger partial charge in [-0.3, -0.25) is 4.90 Å². The molecule has 0 aliphatic heterocycles. The average Bonchev–Trinajstić information content (AvgIpc) is 3.00. The molecule has 1 aromatic carbocycles. The Morgan fingerprint density at radius 3 is 2.14 bits per heavy atom. The molecule has 2 nitrogen and oxygen atoms in total. The second-order valence-electron chi connectivity index (χ2n) is 6.82. The molecule has 1 aliphatic rings. The molecule has 114 valence electrons. The molecule has 21 heavy (non-hydrogen) atoms. The van der Waals surface area contributed by atoms with Crippen molar-refractivity contribution in [1.82, 2.24) is 4.90 Å². The smallest absolute Gasteiger partial charge is 0.153 e. The van der Waals surface area contributed by atoms with Gasteiger partial charge in [0.25, 0.3) is 0 Å². The first-order valence-electron chi connectivity index (χ1n) is 7.86. The van der Waals surface area contributed by atoms with Crippen LogP contribution in [0.4, 0.5) is 0 Å². The summed E-state index contributed by atoms with van der Waals surface area (Å²) in [5.74, 6) is 6.78. The zero-order chi connectivity index (χ0) is 15.5. The molecule has 0 amide bonds. The third-order valence-electron chi connectivity index (χ3n) is 4.84. The fourth-order valence-electron chi connectivity index (χ4n) is 2.81. The van der Waals surface area contributed by atoms with Gasteiger partial charge >= 0.3 is 0 Å². The van der Waals surface area contributed by atoms with Gasteiger partial charge in [-0.05, 0) is 46.3 Å². The number of hydrogen-bond acceptors (Lipinski definition) is 2. The highest BCUT2D eigenvalue weighted by molar-refractivity contribution is 5.35. The Hall–Kier alpha value is -1.30. The molecule has 0 radical (unpaired) electrons. The second kappa shape index (κ2) is 6.22. The highest BCUT2D eigenvalue weighted by Gasteiger charge is 2.38. The molecule has 1 N–H and O–H groups in total. The van der Waals surface area contributed by atoms with Crippen molar-refractivity contribution in [2.24, 2.45) is 5.92 Å². The Morgan fingerprint density at radius 1 is 1.05 bits per heavy atom. The van der Waals surface area contributed by atoms with E-state index in [-0.39, 0.29) is 11.5 Å². The topological polar surface area (TPSA) is 23.5 Å². The van der Waals surface area contributed by atoms with Gasteiger partial charge in [-0.2, -0.15) is 0 Å². The van der Waals surface area contributed by atoms with Gasteiger partial charge in [-0.1, -0.05) is 55.0 Å². The van der Waals surface area contributed by atoms with Crippen LogP contribution in [-0.2, 0) is 5.60 Å². The van der Waals surface area contributed by atoms with Gasteiger partial charge in [-0.25, -0.2) is 0 Å². The first-order chi connectivity index (χ1) is 9.86. The third kappa shape index (κ3) is 3.48. The maximum absolute atomic E-state index is 11.3. The summed E-state index contributed by atoms with van der Waals surface area (Å²) in [6.45, 7) is 4.17. The summed E-state index contributed by atoms with van der Waals surface area (Å²) in [6, 6.07) is 9.93. The van der Waals surface area contributed by atoms with Crippen LogP contribution < -0.4 is 0 Å². The van der Waals surface area contributed by atoms with Gasteiger partial charge < -0.3 is 5.11 Å². The van der Waals surface area contributed by atoms with Gasteiger partial charge in [0.05, 0.1) is 5.54 Å². The van der Waals surface area contributed by atoms with Crippen molar-refractivity contribution in [3.8, 4) is 11.8 Å². The fraction of sp³-hybridized carbons (Fsp3) is 0.579. The summed E-state index contributed by atoms with van der Waals surface area (Å²) in [5, 5.41) is 11.3. The Morgan fingerprint density at radius 2 is 1.62 bits per heavy atom. The highest BCUT2D eigenvalue weighted by Crippen LogP contribution is 2.40. The highest BCUT2D eigenvalue weighted by atomic mass is 16.3. The van der Waals surface area contributed by atoms with Crippen LogP contribution >= 0.6 is 0 Å². The summed E-state index contributed by atoms with van der Waals surface area (Å²) >= 11 is 0. The molecule has 0 spiro atoms. The van der Waals surface area contributed by atoms with Crippen LogP contribution in [0.1, 0.15) is 45.1 Å². The number of rotatable bonds is 3. The van der Waals surface area contributed by atoms with E-state index in [1.165, 1.54) is 12.8 Å². The maximum atomic E-state index is 11.3. The Kier molecular flexibility index (Phi) is 4.76. The van der Waals surface area contributed by atoms with Crippen LogP contribution in [0.3, 0.4) is 0 Å². The number of hydrogen-bond donors (Lipinski definition) is 1. The summed E-state index contributed by atoms with van der Waals surface area (Å²) in [7, 11) is 4.04. The van der Waals surface area contributed by atoms with Crippen molar-refractivity contribution in [1.29, 1.82) is 0 Å². The van der Waals surface area contributed by atoms with Crippen molar-refractivity contribution < 1.29 is 5.11 Å². The minimum atomic E-state index is -1.02. The molecule has 1 aliphatic carbocycles. The Labute approximate surface area is 129 Å². The van der Waals surface area contributed by atoms with Gasteiger partial charge in [0.1, 0.15) is 0 Å². The molecule has 1 saturated carbocycles. The van der Waals surface area contributed by atoms with E-state index in [1.54, 1.807) is 0 Å². The standard InChI is InChI=1S/C19H27NO/c1-18(2,20(3)4)14-15-19(21,17-12-8-9-13-17)16-10-6-5-7-11-16/h5-7,10-11,17,21H,8-9,12-13H2,1-4H3. The summed E-state index contributed by atoms with van der Waals surface area (Å²) in [4.78, 5) is 2.08. The van der Waals surface area contributed by atoms with E-state index in [0.717, 1.165) is 18.4 Å². The quantitative estimate of drug-likeness (QED) is 0.860. The maximum Gasteiger partial charge on any atom is 0.153 e. The number of aliphatic hydroxyl groups is 1. The lowest BCUT2D eigenvalue weighted by atomic mass is 9.80. The molecule has 0 heterocycles. The Bertz CT molecular complexity index is 517. The molecule has 1 unspecified atom stereocenters. The number of nitrogens with zero attached hydrogens (tertiary/aromatic N) is 1. The third-order valence-corrected chi connectivity index (χ3v) is 4.84. The van der Waals surface area contributed by atoms with E-state index in [4.69, 9.17) is 0 Å². The predicted molar refractivity (Wildman–Crippen MR) is 87.8 cm³/mol. The normalized spacial score (nSPS) is 19.1. The van der Waals surface area contributed by atoms with Crippen molar-refractivity contribution in [3.63, 3.8) is 0 Å². The zero-order valence-electron chi connectivity index (χ0n) is 13.7. The fourth-order valence-corrected chi connectivity index (χ4v) is 2.81. The van der Waals surface area contributed by atoms with E-state index >= 15 is 0 Å². The largest absolute Gasteiger partial charge is 0.373 e. The molecular formula is C19H27NO. The van der Waals surface area contributed by atoms with E-state index in [9.17, 15) is 5.11 Å². The molecule has 2 rings (SSSR count). The molecule has 0 aromatic heterocycles. The van der Waals surface area contributed by atoms with Crippen LogP contribution in [0, 0.1) is 17.8 Å². The summed E-state index contributed by atoms with van der Waals surface area (Å²) in [5.41, 5.74) is -0.342. The van der Waals surface area contributed by atoms with E-state index in [0.29, 0.717) is 0 Å². The van der Waals surface area contributed by atoms with Crippen LogP contribution in [0.5, 0.6) is 0 Å². The van der Waals surface area contributed by atoms with E-state index in [2.05, 4.69) is 30.6 Å². The van der Waals surface area contributed by atoms with Crippen molar-refractivity contribution in [2.45, 2.75) is 50.7 Å². The van der Waals surface area contributed by atoms with Gasteiger partial charge in [0.2, 0.25) is 0 Å². The van der Waals surface area contributed by atoms with Gasteiger partial charge in [0.15, 0.2) is 5.60 Å². The SMILES string of the molecule is CN(C)C(C)(C)C#CC(O)(c1ccccc1)C1CCCC1. The lowest BCUT2D eigenvalue weighted by Gasteiger charge is -2.32. The predicted octanol–water partition coefficient (Wildman–Crippen LogP) is 3.41. The van der Waals surface area contributed by atoms with Crippen molar-refractivity contribution in [2.75, 3.05) is 14.1 Å². The molecular weight excluding hydrogens is 258 g/mol. The molecule has 2 heteroatoms. The van der Waals surface area contributed by atoms with Crippen LogP contribution in [0.25, 0.3) is 0 Å². The molecule has 1 aromatic rings. The summed E-state index contributed by atoms with van der Waals surface area (Å²) in [6.07, 6.45) is 4.50. The molecule has 1 atom stereocenters. The molecule has 1 fully saturated rings. The minimum absolute atomic E-state index is 0.241. The van der Waals surface area contributed by atoms with Crippen LogP contribution in [0.15, 0.2) is 30.3 Å². The van der Waals surface area contributed by atoms with Crippen LogP contribution in [0.2, 0.25) is 0 Å². The van der Waals surface area contributed by atoms with Crippen molar-refractivity contribution in [3.05, 3.63) is 35.9 Å². The monoisotopic (exact) mass is 285 g/mol. The number of benzene rings is 1. The second-order valence-corrected chi connectivity index (χ2v) is 6.82. The van der Waals surface area contributed by atoms with Gasteiger partial charge in [-0.15, -0.1) is 0 Å². The lowest BCUT2D eigenvalue weighted by molar-refractivity contribution is 0.0364. The minimum Gasteiger partial charge on any atom is -0.373 e. The zero-order valence-corrected chi connectivity index (χ0v) is 13.7. The van der Waals surface area contributed by atoms with Gasteiger partial charge in [0, 0.05) is 5.92 Å². The Balaban J connectivity index is 2.40.